The highest BCUT2D eigenvalue weighted by Crippen LogP contribution is 2.34. The lowest BCUT2D eigenvalue weighted by atomic mass is 10.3. The van der Waals surface area contributed by atoms with Gasteiger partial charge < -0.3 is 4.74 Å². The van der Waals surface area contributed by atoms with Crippen molar-refractivity contribution in [1.82, 2.24) is 0 Å². The Hall–Kier alpha value is 0.310. The van der Waals surface area contributed by atoms with Gasteiger partial charge in [-0.1, -0.05) is 0 Å². The van der Waals surface area contributed by atoms with Crippen molar-refractivity contribution in [2.24, 2.45) is 0 Å². The van der Waals surface area contributed by atoms with Gasteiger partial charge in [0, 0.05) is 11.0 Å². The Morgan fingerprint density at radius 2 is 2.57 bits per heavy atom. The van der Waals surface area contributed by atoms with Crippen molar-refractivity contribution in [1.29, 1.82) is 0 Å². The first-order valence-corrected chi connectivity index (χ1v) is 3.73. The minimum Gasteiger partial charge on any atom is -0.376 e. The second-order valence-electron chi connectivity index (χ2n) is 2.15. The summed E-state index contributed by atoms with van der Waals surface area (Å²) in [4.78, 5) is 0. The van der Waals surface area contributed by atoms with Crippen LogP contribution in [0.2, 0.25) is 0 Å². The van der Waals surface area contributed by atoms with Crippen LogP contribution in [-0.4, -0.2) is 23.7 Å². The molecule has 2 bridgehead atoms. The average Bonchev–Trinajstić information content (AvgIpc) is 2.22. The maximum Gasteiger partial charge on any atom is 0.0677 e. The predicted octanol–water partition coefficient (Wildman–Crippen LogP) is 0.891. The molecule has 0 spiro atoms. The maximum atomic E-state index is 5.33. The van der Waals surface area contributed by atoms with Crippen molar-refractivity contribution in [3.8, 4) is 0 Å². The summed E-state index contributed by atoms with van der Waals surface area (Å²) in [6, 6.07) is 0. The molecule has 0 aliphatic carbocycles. The Morgan fingerprint density at radius 3 is 2.71 bits per heavy atom. The molecule has 0 aromatic rings. The topological polar surface area (TPSA) is 9.23 Å². The van der Waals surface area contributed by atoms with E-state index in [1.807, 2.05) is 0 Å². The van der Waals surface area contributed by atoms with E-state index < -0.39 is 0 Å². The molecule has 2 aliphatic rings. The average molecular weight is 116 g/mol. The lowest BCUT2D eigenvalue weighted by molar-refractivity contribution is 0.126. The number of hydrogen-bond acceptors (Lipinski definition) is 2. The normalized spacial score (nSPS) is 48.0. The summed E-state index contributed by atoms with van der Waals surface area (Å²) >= 11 is 2.07. The third-order valence-electron chi connectivity index (χ3n) is 1.56. The summed E-state index contributed by atoms with van der Waals surface area (Å²) in [7, 11) is 0. The van der Waals surface area contributed by atoms with E-state index in [4.69, 9.17) is 4.74 Å². The Balaban J connectivity index is 2.12. The molecular formula is C5H8OS. The number of rotatable bonds is 0. The zero-order valence-corrected chi connectivity index (χ0v) is 4.91. The van der Waals surface area contributed by atoms with Crippen molar-refractivity contribution >= 4 is 11.8 Å². The zero-order chi connectivity index (χ0) is 4.69. The monoisotopic (exact) mass is 116 g/mol. The first-order chi connectivity index (χ1) is 3.45. The molecule has 0 radical (unpaired) electrons. The van der Waals surface area contributed by atoms with E-state index >= 15 is 0 Å². The van der Waals surface area contributed by atoms with Crippen LogP contribution < -0.4 is 0 Å². The van der Waals surface area contributed by atoms with E-state index in [-0.39, 0.29) is 0 Å². The van der Waals surface area contributed by atoms with Crippen LogP contribution in [0.4, 0.5) is 0 Å². The van der Waals surface area contributed by atoms with Gasteiger partial charge in [0.2, 0.25) is 0 Å². The minimum atomic E-state index is 0.634. The third kappa shape index (κ3) is 0.572. The molecule has 2 atom stereocenters. The first-order valence-electron chi connectivity index (χ1n) is 2.68. The van der Waals surface area contributed by atoms with Crippen LogP contribution in [-0.2, 0) is 4.74 Å². The van der Waals surface area contributed by atoms with Crippen LogP contribution in [0.5, 0.6) is 0 Å². The number of fused-ring (bicyclic) bond motifs is 2. The molecule has 7 heavy (non-hydrogen) atoms. The molecule has 2 heteroatoms. The van der Waals surface area contributed by atoms with Gasteiger partial charge in [-0.25, -0.2) is 0 Å². The van der Waals surface area contributed by atoms with Gasteiger partial charge in [0.1, 0.15) is 0 Å². The molecule has 1 nitrogen and oxygen atoms in total. The zero-order valence-electron chi connectivity index (χ0n) is 4.09. The fraction of sp³-hybridized carbons (Fsp3) is 1.00. The van der Waals surface area contributed by atoms with Gasteiger partial charge in [0.05, 0.1) is 12.7 Å². The molecule has 0 N–H and O–H groups in total. The van der Waals surface area contributed by atoms with Crippen LogP contribution >= 0.6 is 11.8 Å². The predicted molar refractivity (Wildman–Crippen MR) is 30.6 cm³/mol. The molecule has 2 heterocycles. The summed E-state index contributed by atoms with van der Waals surface area (Å²) in [5.74, 6) is 1.25. The molecule has 2 aliphatic heterocycles. The summed E-state index contributed by atoms with van der Waals surface area (Å²) in [5, 5.41) is 0.866. The van der Waals surface area contributed by atoms with Crippen LogP contribution in [0.3, 0.4) is 0 Å². The van der Waals surface area contributed by atoms with E-state index in [9.17, 15) is 0 Å². The van der Waals surface area contributed by atoms with E-state index in [0.717, 1.165) is 11.9 Å². The smallest absolute Gasteiger partial charge is 0.0677 e. The molecule has 2 rings (SSSR count). The van der Waals surface area contributed by atoms with Gasteiger partial charge in [0.25, 0.3) is 0 Å². The van der Waals surface area contributed by atoms with Crippen LogP contribution in [0, 0.1) is 0 Å². The SMILES string of the molecule is C1SC2COC1C2. The van der Waals surface area contributed by atoms with Crippen molar-refractivity contribution in [2.45, 2.75) is 17.8 Å². The van der Waals surface area contributed by atoms with Crippen molar-refractivity contribution in [2.75, 3.05) is 12.4 Å². The second-order valence-corrected chi connectivity index (χ2v) is 3.48. The van der Waals surface area contributed by atoms with Gasteiger partial charge in [0.15, 0.2) is 0 Å². The van der Waals surface area contributed by atoms with E-state index in [1.165, 1.54) is 12.2 Å². The fourth-order valence-corrected chi connectivity index (χ4v) is 2.39. The minimum absolute atomic E-state index is 0.634. The molecule has 2 unspecified atom stereocenters. The Kier molecular flexibility index (Phi) is 0.837. The maximum absolute atomic E-state index is 5.33. The summed E-state index contributed by atoms with van der Waals surface area (Å²) in [5.41, 5.74) is 0. The number of thioether (sulfide) groups is 1. The van der Waals surface area contributed by atoms with Gasteiger partial charge >= 0.3 is 0 Å². The van der Waals surface area contributed by atoms with E-state index in [0.29, 0.717) is 6.10 Å². The van der Waals surface area contributed by atoms with Crippen LogP contribution in [0.25, 0.3) is 0 Å². The van der Waals surface area contributed by atoms with Crippen molar-refractivity contribution in [3.63, 3.8) is 0 Å². The third-order valence-corrected chi connectivity index (χ3v) is 2.93. The summed E-state index contributed by atoms with van der Waals surface area (Å²) < 4.78 is 5.33. The van der Waals surface area contributed by atoms with Crippen molar-refractivity contribution < 1.29 is 4.74 Å². The number of ether oxygens (including phenoxy) is 1. The lowest BCUT2D eigenvalue weighted by Gasteiger charge is -2.07. The lowest BCUT2D eigenvalue weighted by Crippen LogP contribution is -2.08. The molecule has 0 saturated carbocycles. The Morgan fingerprint density at radius 1 is 1.57 bits per heavy atom. The van der Waals surface area contributed by atoms with E-state index in [2.05, 4.69) is 11.8 Å². The van der Waals surface area contributed by atoms with Gasteiger partial charge in [-0.15, -0.1) is 0 Å². The van der Waals surface area contributed by atoms with E-state index in [1.54, 1.807) is 0 Å². The highest BCUT2D eigenvalue weighted by molar-refractivity contribution is 8.00. The molecule has 40 valence electrons. The molecule has 0 aromatic heterocycles. The first kappa shape index (κ1) is 4.21. The standard InChI is InChI=1S/C5H8OS/c1-4-3-7-5(1)2-6-4/h4-5H,1-3H2. The van der Waals surface area contributed by atoms with Gasteiger partial charge in [-0.3, -0.25) is 0 Å². The van der Waals surface area contributed by atoms with Crippen LogP contribution in [0.1, 0.15) is 6.42 Å². The van der Waals surface area contributed by atoms with Crippen molar-refractivity contribution in [3.05, 3.63) is 0 Å². The Labute approximate surface area is 47.4 Å². The largest absolute Gasteiger partial charge is 0.376 e. The fourth-order valence-electron chi connectivity index (χ4n) is 1.15. The highest BCUT2D eigenvalue weighted by atomic mass is 32.2. The summed E-state index contributed by atoms with van der Waals surface area (Å²) in [6.45, 7) is 1.02. The molecule has 0 aromatic carbocycles. The van der Waals surface area contributed by atoms with Gasteiger partial charge in [-0.2, -0.15) is 11.8 Å². The molecular weight excluding hydrogens is 108 g/mol. The van der Waals surface area contributed by atoms with Crippen LogP contribution in [0.15, 0.2) is 0 Å². The Bertz CT molecular complexity index is 66.1. The number of hydrogen-bond donors (Lipinski definition) is 0. The highest BCUT2D eigenvalue weighted by Gasteiger charge is 2.32. The molecule has 0 amide bonds. The molecule has 2 fully saturated rings. The molecule has 2 saturated heterocycles. The quantitative estimate of drug-likeness (QED) is 0.465. The van der Waals surface area contributed by atoms with Gasteiger partial charge in [-0.05, 0) is 6.42 Å². The summed E-state index contributed by atoms with van der Waals surface area (Å²) in [6.07, 6.45) is 1.96. The second kappa shape index (κ2) is 1.39.